The highest BCUT2D eigenvalue weighted by molar-refractivity contribution is 5.76. The van der Waals surface area contributed by atoms with Gasteiger partial charge in [0.25, 0.3) is 0 Å². The van der Waals surface area contributed by atoms with Crippen LogP contribution in [0.3, 0.4) is 0 Å². The molecule has 3 nitrogen and oxygen atoms in total. The van der Waals surface area contributed by atoms with Gasteiger partial charge in [-0.05, 0) is 62.7 Å². The topological polar surface area (TPSA) is 30.1 Å². The van der Waals surface area contributed by atoms with Gasteiger partial charge in [-0.3, -0.25) is 0 Å². The minimum atomic E-state index is 0.896. The SMILES string of the molecule is CCCNC.Cc1ccc2c(c1)on2C#Cc1ccccc1. The van der Waals surface area contributed by atoms with Crippen molar-refractivity contribution >= 4 is 11.1 Å². The Morgan fingerprint density at radius 3 is 2.50 bits per heavy atom. The molecule has 0 saturated carbocycles. The highest BCUT2D eigenvalue weighted by Crippen LogP contribution is 2.19. The fraction of sp³-hybridized carbons (Fsp3) is 0.263. The fourth-order valence-electron chi connectivity index (χ4n) is 1.94. The Morgan fingerprint density at radius 2 is 1.91 bits per heavy atom. The van der Waals surface area contributed by atoms with Crippen molar-refractivity contribution in [3.63, 3.8) is 0 Å². The Bertz CT molecular complexity index is 755. The van der Waals surface area contributed by atoms with E-state index in [0.29, 0.717) is 0 Å². The maximum Gasteiger partial charge on any atom is 0.184 e. The van der Waals surface area contributed by atoms with Gasteiger partial charge in [0.2, 0.25) is 0 Å². The molecular weight excluding hydrogens is 272 g/mol. The lowest BCUT2D eigenvalue weighted by Gasteiger charge is -2.07. The van der Waals surface area contributed by atoms with Crippen LogP contribution in [0.25, 0.3) is 11.1 Å². The van der Waals surface area contributed by atoms with E-state index in [1.165, 1.54) is 12.0 Å². The van der Waals surface area contributed by atoms with Crippen LogP contribution in [0.15, 0.2) is 53.1 Å². The molecule has 0 amide bonds. The molecule has 22 heavy (non-hydrogen) atoms. The molecule has 0 aliphatic heterocycles. The second-order valence-electron chi connectivity index (χ2n) is 5.06. The number of benzene rings is 2. The van der Waals surface area contributed by atoms with Gasteiger partial charge < -0.3 is 9.84 Å². The molecular formula is C19H22N2O. The summed E-state index contributed by atoms with van der Waals surface area (Å²) >= 11 is 0. The van der Waals surface area contributed by atoms with Gasteiger partial charge in [0.05, 0.1) is 6.04 Å². The summed E-state index contributed by atoms with van der Waals surface area (Å²) in [5.74, 6) is 3.05. The van der Waals surface area contributed by atoms with E-state index in [-0.39, 0.29) is 0 Å². The molecule has 3 heteroatoms. The van der Waals surface area contributed by atoms with Gasteiger partial charge in [0, 0.05) is 5.56 Å². The predicted molar refractivity (Wildman–Crippen MR) is 91.9 cm³/mol. The van der Waals surface area contributed by atoms with E-state index >= 15 is 0 Å². The number of fused-ring (bicyclic) bond motifs is 1. The Labute approximate surface area is 131 Å². The first-order valence-corrected chi connectivity index (χ1v) is 7.54. The lowest BCUT2D eigenvalue weighted by Crippen LogP contribution is -2.04. The number of hydrogen-bond donors (Lipinski definition) is 1. The van der Waals surface area contributed by atoms with Crippen LogP contribution in [0.5, 0.6) is 0 Å². The number of rotatable bonds is 2. The molecule has 0 saturated heterocycles. The highest BCUT2D eigenvalue weighted by atomic mass is 16.5. The van der Waals surface area contributed by atoms with Gasteiger partial charge in [-0.25, -0.2) is 0 Å². The Balaban J connectivity index is 0.000000309. The minimum Gasteiger partial charge on any atom is -0.364 e. The average Bonchev–Trinajstić information content (AvgIpc) is 2.52. The average molecular weight is 294 g/mol. The smallest absolute Gasteiger partial charge is 0.184 e. The van der Waals surface area contributed by atoms with E-state index in [4.69, 9.17) is 4.52 Å². The van der Waals surface area contributed by atoms with E-state index in [1.807, 2.05) is 56.4 Å². The third-order valence-electron chi connectivity index (χ3n) is 3.10. The van der Waals surface area contributed by atoms with Crippen LogP contribution in [0.1, 0.15) is 24.5 Å². The van der Waals surface area contributed by atoms with Crippen LogP contribution in [-0.2, 0) is 0 Å². The monoisotopic (exact) mass is 294 g/mol. The largest absolute Gasteiger partial charge is 0.364 e. The van der Waals surface area contributed by atoms with Crippen molar-refractivity contribution in [2.75, 3.05) is 13.6 Å². The number of nitrogens with zero attached hydrogens (tertiary/aromatic N) is 1. The summed E-state index contributed by atoms with van der Waals surface area (Å²) in [6.45, 7) is 5.33. The van der Waals surface area contributed by atoms with Crippen LogP contribution in [0.2, 0.25) is 0 Å². The summed E-state index contributed by atoms with van der Waals surface area (Å²) < 4.78 is 7.05. The second-order valence-corrected chi connectivity index (χ2v) is 5.06. The number of aryl methyl sites for hydroxylation is 1. The summed E-state index contributed by atoms with van der Waals surface area (Å²) in [5, 5.41) is 3.02. The van der Waals surface area contributed by atoms with Crippen molar-refractivity contribution in [3.8, 4) is 12.0 Å². The number of aromatic nitrogens is 1. The van der Waals surface area contributed by atoms with E-state index in [2.05, 4.69) is 30.3 Å². The maximum absolute atomic E-state index is 5.45. The summed E-state index contributed by atoms with van der Waals surface area (Å²) in [6.07, 6.45) is 1.23. The lowest BCUT2D eigenvalue weighted by molar-refractivity contribution is 0.356. The van der Waals surface area contributed by atoms with Gasteiger partial charge in [-0.1, -0.05) is 31.2 Å². The molecule has 0 bridgehead atoms. The molecule has 0 spiro atoms. The van der Waals surface area contributed by atoms with Crippen molar-refractivity contribution < 1.29 is 4.52 Å². The van der Waals surface area contributed by atoms with Gasteiger partial charge in [-0.15, -0.1) is 4.74 Å². The van der Waals surface area contributed by atoms with Crippen LogP contribution < -0.4 is 5.32 Å². The first-order chi connectivity index (χ1) is 10.7. The molecule has 2 aromatic carbocycles. The van der Waals surface area contributed by atoms with Crippen molar-refractivity contribution in [2.45, 2.75) is 20.3 Å². The first-order valence-electron chi connectivity index (χ1n) is 7.54. The Morgan fingerprint density at radius 1 is 1.14 bits per heavy atom. The van der Waals surface area contributed by atoms with Gasteiger partial charge >= 0.3 is 0 Å². The first kappa shape index (κ1) is 15.9. The minimum absolute atomic E-state index is 0.896. The summed E-state index contributed by atoms with van der Waals surface area (Å²) in [5.41, 5.74) is 4.10. The Kier molecular flexibility index (Phi) is 5.88. The molecule has 114 valence electrons. The molecule has 1 aromatic heterocycles. The van der Waals surface area contributed by atoms with E-state index < -0.39 is 0 Å². The van der Waals surface area contributed by atoms with Crippen LogP contribution in [0.4, 0.5) is 0 Å². The van der Waals surface area contributed by atoms with Crippen molar-refractivity contribution in [1.29, 1.82) is 0 Å². The predicted octanol–water partition coefficient (Wildman–Crippen LogP) is 4.02. The Hall–Kier alpha value is -2.44. The lowest BCUT2D eigenvalue weighted by atomic mass is 10.2. The zero-order valence-electron chi connectivity index (χ0n) is 13.4. The molecule has 1 N–H and O–H groups in total. The highest BCUT2D eigenvalue weighted by Gasteiger charge is 2.05. The zero-order chi connectivity index (χ0) is 15.8. The van der Waals surface area contributed by atoms with Crippen molar-refractivity contribution in [2.24, 2.45) is 0 Å². The molecule has 3 aromatic rings. The molecule has 0 aliphatic rings. The third kappa shape index (κ3) is 4.28. The maximum atomic E-state index is 5.45. The van der Waals surface area contributed by atoms with E-state index in [1.54, 1.807) is 4.74 Å². The van der Waals surface area contributed by atoms with Gasteiger partial charge in [0.15, 0.2) is 5.58 Å². The summed E-state index contributed by atoms with van der Waals surface area (Å²) in [4.78, 5) is 0. The van der Waals surface area contributed by atoms with E-state index in [9.17, 15) is 0 Å². The third-order valence-corrected chi connectivity index (χ3v) is 3.10. The van der Waals surface area contributed by atoms with Gasteiger partial charge in [0.1, 0.15) is 5.52 Å². The standard InChI is InChI=1S/C15H11NO.C4H11N/c1-12-7-8-14-15(11-12)17-16(14)10-9-13-5-3-2-4-6-13;1-3-4-5-2/h2-8,11H,1H3;5H,3-4H2,1-2H3. The van der Waals surface area contributed by atoms with Crippen molar-refractivity contribution in [1.82, 2.24) is 10.1 Å². The van der Waals surface area contributed by atoms with Crippen LogP contribution in [-0.4, -0.2) is 18.3 Å². The number of hydrogen-bond acceptors (Lipinski definition) is 2. The number of nitrogens with one attached hydrogen (secondary N) is 1. The molecule has 0 radical (unpaired) electrons. The van der Waals surface area contributed by atoms with Crippen molar-refractivity contribution in [3.05, 3.63) is 59.7 Å². The molecule has 0 aliphatic carbocycles. The van der Waals surface area contributed by atoms with Crippen LogP contribution >= 0.6 is 0 Å². The molecule has 1 heterocycles. The molecule has 0 atom stereocenters. The summed E-state index contributed by atoms with van der Waals surface area (Å²) in [7, 11) is 1.96. The normalized spacial score (nSPS) is 9.77. The fourth-order valence-corrected chi connectivity index (χ4v) is 1.94. The molecule has 3 rings (SSSR count). The van der Waals surface area contributed by atoms with E-state index in [0.717, 1.165) is 23.2 Å². The zero-order valence-corrected chi connectivity index (χ0v) is 13.4. The van der Waals surface area contributed by atoms with Gasteiger partial charge in [-0.2, -0.15) is 0 Å². The molecule has 0 fully saturated rings. The second kappa shape index (κ2) is 8.11. The van der Waals surface area contributed by atoms with Crippen LogP contribution in [0, 0.1) is 18.9 Å². The quantitative estimate of drug-likeness (QED) is 0.724. The summed E-state index contributed by atoms with van der Waals surface area (Å²) in [6, 6.07) is 18.9. The molecule has 0 unspecified atom stereocenters.